The summed E-state index contributed by atoms with van der Waals surface area (Å²) >= 11 is 6.11. The van der Waals surface area contributed by atoms with Gasteiger partial charge in [-0.05, 0) is 35.9 Å². The van der Waals surface area contributed by atoms with Crippen molar-refractivity contribution in [3.05, 3.63) is 88.8 Å². The molecule has 3 heterocycles. The van der Waals surface area contributed by atoms with Gasteiger partial charge in [-0.1, -0.05) is 23.7 Å². The molecule has 1 fully saturated rings. The Morgan fingerprint density at radius 2 is 1.78 bits per heavy atom. The fourth-order valence-electron chi connectivity index (χ4n) is 4.15. The van der Waals surface area contributed by atoms with Gasteiger partial charge in [-0.25, -0.2) is 8.78 Å². The first-order valence-electron chi connectivity index (χ1n) is 10.3. The minimum atomic E-state index is -0.914. The maximum atomic E-state index is 13.7. The number of furan rings is 1. The number of hydrogen-bond acceptors (Lipinski definition) is 3. The Labute approximate surface area is 188 Å². The van der Waals surface area contributed by atoms with E-state index in [4.69, 9.17) is 16.0 Å². The van der Waals surface area contributed by atoms with Crippen molar-refractivity contribution in [2.45, 2.75) is 6.54 Å². The van der Waals surface area contributed by atoms with Gasteiger partial charge in [-0.3, -0.25) is 4.79 Å². The molecule has 0 spiro atoms. The van der Waals surface area contributed by atoms with Crippen LogP contribution in [-0.4, -0.2) is 41.6 Å². The highest BCUT2D eigenvalue weighted by Gasteiger charge is 2.26. The van der Waals surface area contributed by atoms with E-state index in [1.807, 2.05) is 24.3 Å². The SMILES string of the molecule is O=C(c1cc2occc2n1Cc1ccc(F)c(F)c1)N1CCN(c2cccc(Cl)c2)CC1. The molecule has 1 aliphatic rings. The van der Waals surface area contributed by atoms with Crippen LogP contribution in [0.25, 0.3) is 11.1 Å². The highest BCUT2D eigenvalue weighted by atomic mass is 35.5. The van der Waals surface area contributed by atoms with Crippen LogP contribution in [0, 0.1) is 11.6 Å². The van der Waals surface area contributed by atoms with Crippen LogP contribution in [0.3, 0.4) is 0 Å². The molecule has 1 saturated heterocycles. The van der Waals surface area contributed by atoms with E-state index in [0.29, 0.717) is 48.0 Å². The Morgan fingerprint density at radius 3 is 2.53 bits per heavy atom. The van der Waals surface area contributed by atoms with Crippen LogP contribution >= 0.6 is 11.6 Å². The van der Waals surface area contributed by atoms with Crippen LogP contribution in [0.2, 0.25) is 5.02 Å². The lowest BCUT2D eigenvalue weighted by Gasteiger charge is -2.36. The number of amides is 1. The molecule has 0 atom stereocenters. The number of piperazine rings is 1. The normalized spacial score (nSPS) is 14.3. The number of rotatable bonds is 4. The number of carbonyl (C=O) groups is 1. The molecule has 2 aromatic carbocycles. The van der Waals surface area contributed by atoms with Gasteiger partial charge < -0.3 is 18.8 Å². The summed E-state index contributed by atoms with van der Waals surface area (Å²) in [5.41, 5.74) is 3.36. The van der Waals surface area contributed by atoms with Crippen LogP contribution in [0.15, 0.2) is 65.3 Å². The Balaban J connectivity index is 1.37. The zero-order valence-corrected chi connectivity index (χ0v) is 17.9. The molecule has 164 valence electrons. The topological polar surface area (TPSA) is 41.6 Å². The maximum absolute atomic E-state index is 13.7. The molecule has 1 amide bonds. The van der Waals surface area contributed by atoms with E-state index in [2.05, 4.69) is 4.90 Å². The second kappa shape index (κ2) is 8.31. The Bertz CT molecular complexity index is 1290. The summed E-state index contributed by atoms with van der Waals surface area (Å²) in [6, 6.07) is 14.9. The van der Waals surface area contributed by atoms with Crippen LogP contribution in [0.5, 0.6) is 0 Å². The lowest BCUT2D eigenvalue weighted by molar-refractivity contribution is 0.0737. The van der Waals surface area contributed by atoms with Crippen molar-refractivity contribution in [3.8, 4) is 0 Å². The smallest absolute Gasteiger partial charge is 0.270 e. The van der Waals surface area contributed by atoms with Crippen LogP contribution < -0.4 is 4.90 Å². The molecule has 8 heteroatoms. The molecule has 0 unspecified atom stereocenters. The second-order valence-electron chi connectivity index (χ2n) is 7.79. The Morgan fingerprint density at radius 1 is 0.969 bits per heavy atom. The third-order valence-corrected chi connectivity index (χ3v) is 6.04. The minimum absolute atomic E-state index is 0.121. The van der Waals surface area contributed by atoms with Gasteiger partial charge in [0.15, 0.2) is 17.2 Å². The first-order chi connectivity index (χ1) is 15.5. The maximum Gasteiger partial charge on any atom is 0.270 e. The molecule has 5 rings (SSSR count). The van der Waals surface area contributed by atoms with E-state index in [-0.39, 0.29) is 12.5 Å². The number of halogens is 3. The second-order valence-corrected chi connectivity index (χ2v) is 8.23. The fraction of sp³-hybridized carbons (Fsp3) is 0.208. The summed E-state index contributed by atoms with van der Waals surface area (Å²) in [5.74, 6) is -1.93. The van der Waals surface area contributed by atoms with Gasteiger partial charge in [0.05, 0.1) is 11.8 Å². The molecular weight excluding hydrogens is 436 g/mol. The van der Waals surface area contributed by atoms with Crippen molar-refractivity contribution < 1.29 is 18.0 Å². The van der Waals surface area contributed by atoms with Crippen LogP contribution in [0.1, 0.15) is 16.1 Å². The number of anilines is 1. The van der Waals surface area contributed by atoms with Gasteiger partial charge >= 0.3 is 0 Å². The van der Waals surface area contributed by atoms with Gasteiger partial charge in [-0.2, -0.15) is 0 Å². The molecule has 0 bridgehead atoms. The fourth-order valence-corrected chi connectivity index (χ4v) is 4.33. The van der Waals surface area contributed by atoms with Crippen molar-refractivity contribution >= 4 is 34.3 Å². The number of hydrogen-bond donors (Lipinski definition) is 0. The predicted octanol–water partition coefficient (Wildman–Crippen LogP) is 5.18. The number of fused-ring (bicyclic) bond motifs is 1. The standard InChI is InChI=1S/C24H20ClF2N3O2/c25-17-2-1-3-18(13-17)28-7-9-29(10-8-28)24(31)22-14-23-21(6-11-32-23)30(22)15-16-4-5-19(26)20(27)12-16/h1-6,11-14H,7-10,15H2. The van der Waals surface area contributed by atoms with E-state index in [1.165, 1.54) is 6.07 Å². The van der Waals surface area contributed by atoms with Gasteiger partial charge in [0, 0.05) is 55.6 Å². The van der Waals surface area contributed by atoms with E-state index in [0.717, 1.165) is 23.3 Å². The monoisotopic (exact) mass is 455 g/mol. The van der Waals surface area contributed by atoms with Gasteiger partial charge in [0.25, 0.3) is 5.91 Å². The van der Waals surface area contributed by atoms with Crippen LogP contribution in [-0.2, 0) is 6.54 Å². The summed E-state index contributed by atoms with van der Waals surface area (Å²) < 4.78 is 34.3. The third-order valence-electron chi connectivity index (χ3n) is 5.81. The first kappa shape index (κ1) is 20.6. The van der Waals surface area contributed by atoms with Gasteiger partial charge in [0.2, 0.25) is 0 Å². The van der Waals surface area contributed by atoms with Crippen molar-refractivity contribution in [1.82, 2.24) is 9.47 Å². The van der Waals surface area contributed by atoms with Crippen molar-refractivity contribution in [2.75, 3.05) is 31.1 Å². The average molecular weight is 456 g/mol. The number of carbonyl (C=O) groups excluding carboxylic acids is 1. The average Bonchev–Trinajstić information content (AvgIpc) is 3.38. The first-order valence-corrected chi connectivity index (χ1v) is 10.7. The van der Waals surface area contributed by atoms with E-state index >= 15 is 0 Å². The summed E-state index contributed by atoms with van der Waals surface area (Å²) in [6.45, 7) is 2.72. The molecule has 32 heavy (non-hydrogen) atoms. The number of benzene rings is 2. The zero-order chi connectivity index (χ0) is 22.2. The molecule has 0 saturated carbocycles. The van der Waals surface area contributed by atoms with Crippen molar-refractivity contribution in [1.29, 1.82) is 0 Å². The Kier molecular flexibility index (Phi) is 5.35. The zero-order valence-electron chi connectivity index (χ0n) is 17.1. The third kappa shape index (κ3) is 3.84. The lowest BCUT2D eigenvalue weighted by atomic mass is 10.2. The molecule has 2 aromatic heterocycles. The highest BCUT2D eigenvalue weighted by molar-refractivity contribution is 6.30. The van der Waals surface area contributed by atoms with Crippen molar-refractivity contribution in [2.24, 2.45) is 0 Å². The molecular formula is C24H20ClF2N3O2. The molecule has 5 nitrogen and oxygen atoms in total. The van der Waals surface area contributed by atoms with E-state index in [1.54, 1.807) is 27.9 Å². The highest BCUT2D eigenvalue weighted by Crippen LogP contribution is 2.26. The largest absolute Gasteiger partial charge is 0.463 e. The molecule has 0 radical (unpaired) electrons. The number of nitrogens with zero attached hydrogens (tertiary/aromatic N) is 3. The molecule has 4 aromatic rings. The van der Waals surface area contributed by atoms with Crippen LogP contribution in [0.4, 0.5) is 14.5 Å². The predicted molar refractivity (Wildman–Crippen MR) is 119 cm³/mol. The van der Waals surface area contributed by atoms with E-state index < -0.39 is 11.6 Å². The van der Waals surface area contributed by atoms with E-state index in [9.17, 15) is 13.6 Å². The summed E-state index contributed by atoms with van der Waals surface area (Å²) in [6.07, 6.45) is 1.55. The molecule has 0 aliphatic carbocycles. The Hall–Kier alpha value is -3.32. The van der Waals surface area contributed by atoms with Crippen molar-refractivity contribution in [3.63, 3.8) is 0 Å². The number of aromatic nitrogens is 1. The quantitative estimate of drug-likeness (QED) is 0.426. The molecule has 1 aliphatic heterocycles. The van der Waals surface area contributed by atoms with Gasteiger partial charge in [0.1, 0.15) is 5.69 Å². The molecule has 0 N–H and O–H groups in total. The lowest BCUT2D eigenvalue weighted by Crippen LogP contribution is -2.49. The summed E-state index contributed by atoms with van der Waals surface area (Å²) in [4.78, 5) is 17.4. The minimum Gasteiger partial charge on any atom is -0.463 e. The summed E-state index contributed by atoms with van der Waals surface area (Å²) in [5, 5.41) is 0.679. The van der Waals surface area contributed by atoms with Gasteiger partial charge in [-0.15, -0.1) is 0 Å². The summed E-state index contributed by atoms with van der Waals surface area (Å²) in [7, 11) is 0.